The molecule has 2 N–H and O–H groups in total. The molecule has 1 heterocycles. The summed E-state index contributed by atoms with van der Waals surface area (Å²) in [5, 5.41) is 11.8. The zero-order valence-electron chi connectivity index (χ0n) is 11.1. The highest BCUT2D eigenvalue weighted by Crippen LogP contribution is 2.21. The number of urea groups is 1. The lowest BCUT2D eigenvalue weighted by Gasteiger charge is -2.17. The maximum Gasteiger partial charge on any atom is 0.321 e. The number of carbonyl (C=O) groups is 1. The monoisotopic (exact) mass is 264 g/mol. The Labute approximate surface area is 113 Å². The molecule has 0 saturated carbocycles. The van der Waals surface area contributed by atoms with Crippen LogP contribution < -0.4 is 10.1 Å². The number of carbonyl (C=O) groups excluding carboxylic acids is 1. The number of nitrogens with one attached hydrogen (secondary N) is 1. The van der Waals surface area contributed by atoms with E-state index in [1.165, 1.54) is 0 Å². The van der Waals surface area contributed by atoms with Gasteiger partial charge in [0.2, 0.25) is 0 Å². The average Bonchev–Trinajstić information content (AvgIpc) is 2.89. The minimum Gasteiger partial charge on any atom is -0.497 e. The molecule has 19 heavy (non-hydrogen) atoms. The van der Waals surface area contributed by atoms with Gasteiger partial charge >= 0.3 is 6.03 Å². The highest BCUT2D eigenvalue weighted by Gasteiger charge is 2.25. The van der Waals surface area contributed by atoms with Gasteiger partial charge in [-0.1, -0.05) is 0 Å². The lowest BCUT2D eigenvalue weighted by molar-refractivity contribution is 0.217. The molecule has 0 spiro atoms. The number of ether oxygens (including phenoxy) is 1. The first-order valence-electron chi connectivity index (χ1n) is 6.53. The molecular formula is C14H20N2O3. The third-order valence-corrected chi connectivity index (χ3v) is 3.45. The van der Waals surface area contributed by atoms with E-state index < -0.39 is 0 Å². The van der Waals surface area contributed by atoms with Crippen LogP contribution in [0.3, 0.4) is 0 Å². The van der Waals surface area contributed by atoms with Gasteiger partial charge in [0.15, 0.2) is 0 Å². The highest BCUT2D eigenvalue weighted by atomic mass is 16.5. The first-order valence-corrected chi connectivity index (χ1v) is 6.53. The fraction of sp³-hybridized carbons (Fsp3) is 0.500. The second kappa shape index (κ2) is 6.43. The van der Waals surface area contributed by atoms with Crippen molar-refractivity contribution in [1.82, 2.24) is 4.90 Å². The fourth-order valence-corrected chi connectivity index (χ4v) is 2.31. The number of amides is 2. The summed E-state index contributed by atoms with van der Waals surface area (Å²) in [4.78, 5) is 13.8. The van der Waals surface area contributed by atoms with Gasteiger partial charge in [0.25, 0.3) is 0 Å². The van der Waals surface area contributed by atoms with Crippen LogP contribution in [0.5, 0.6) is 5.75 Å². The maximum atomic E-state index is 12.0. The van der Waals surface area contributed by atoms with Crippen molar-refractivity contribution in [3.8, 4) is 5.75 Å². The minimum absolute atomic E-state index is 0.0781. The van der Waals surface area contributed by atoms with Gasteiger partial charge in [0.1, 0.15) is 5.75 Å². The highest BCUT2D eigenvalue weighted by molar-refractivity contribution is 5.89. The van der Waals surface area contributed by atoms with Crippen LogP contribution in [0.25, 0.3) is 0 Å². The second-order valence-corrected chi connectivity index (χ2v) is 4.77. The summed E-state index contributed by atoms with van der Waals surface area (Å²) in [7, 11) is 1.61. The summed E-state index contributed by atoms with van der Waals surface area (Å²) in [6.45, 7) is 1.67. The van der Waals surface area contributed by atoms with Crippen LogP contribution in [-0.4, -0.2) is 42.8 Å². The van der Waals surface area contributed by atoms with Gasteiger partial charge in [-0.25, -0.2) is 4.79 Å². The van der Waals surface area contributed by atoms with Gasteiger partial charge in [-0.2, -0.15) is 0 Å². The molecule has 1 atom stereocenters. The smallest absolute Gasteiger partial charge is 0.321 e. The Kier molecular flexibility index (Phi) is 4.63. The molecule has 1 aromatic rings. The Morgan fingerprint density at radius 3 is 2.84 bits per heavy atom. The molecule has 104 valence electrons. The number of aliphatic hydroxyl groups excluding tert-OH is 1. The SMILES string of the molecule is COc1ccc(NC(=O)N2CCC(CCO)C2)cc1. The molecule has 2 amide bonds. The van der Waals surface area contributed by atoms with E-state index in [1.54, 1.807) is 12.0 Å². The van der Waals surface area contributed by atoms with Gasteiger partial charge in [0.05, 0.1) is 7.11 Å². The predicted octanol–water partition coefficient (Wildman–Crippen LogP) is 1.93. The van der Waals surface area contributed by atoms with Crippen LogP contribution >= 0.6 is 0 Å². The molecule has 2 rings (SSSR count). The minimum atomic E-state index is -0.0781. The Bertz CT molecular complexity index is 419. The van der Waals surface area contributed by atoms with E-state index in [0.717, 1.165) is 37.4 Å². The molecule has 0 radical (unpaired) electrons. The summed E-state index contributed by atoms with van der Waals surface area (Å²) in [5.74, 6) is 1.19. The van der Waals surface area contributed by atoms with E-state index in [0.29, 0.717) is 5.92 Å². The maximum absolute atomic E-state index is 12.0. The van der Waals surface area contributed by atoms with Crippen LogP contribution in [-0.2, 0) is 0 Å². The largest absolute Gasteiger partial charge is 0.497 e. The molecular weight excluding hydrogens is 244 g/mol. The van der Waals surface area contributed by atoms with Crippen LogP contribution in [0, 0.1) is 5.92 Å². The van der Waals surface area contributed by atoms with Gasteiger partial charge < -0.3 is 20.1 Å². The van der Waals surface area contributed by atoms with Crippen molar-refractivity contribution < 1.29 is 14.6 Å². The second-order valence-electron chi connectivity index (χ2n) is 4.77. The molecule has 1 fully saturated rings. The van der Waals surface area contributed by atoms with Crippen LogP contribution in [0.1, 0.15) is 12.8 Å². The number of rotatable bonds is 4. The normalized spacial score (nSPS) is 18.4. The zero-order chi connectivity index (χ0) is 13.7. The zero-order valence-corrected chi connectivity index (χ0v) is 11.1. The Hall–Kier alpha value is -1.75. The molecule has 1 aliphatic rings. The molecule has 1 aliphatic heterocycles. The average molecular weight is 264 g/mol. The molecule has 5 nitrogen and oxygen atoms in total. The number of hydrogen-bond acceptors (Lipinski definition) is 3. The van der Waals surface area contributed by atoms with Gasteiger partial charge in [0, 0.05) is 25.4 Å². The number of aliphatic hydroxyl groups is 1. The van der Waals surface area contributed by atoms with Crippen molar-refractivity contribution >= 4 is 11.7 Å². The number of nitrogens with zero attached hydrogens (tertiary/aromatic N) is 1. The van der Waals surface area contributed by atoms with Crippen molar-refractivity contribution in [3.05, 3.63) is 24.3 Å². The van der Waals surface area contributed by atoms with E-state index in [1.807, 2.05) is 24.3 Å². The summed E-state index contributed by atoms with van der Waals surface area (Å²) in [6, 6.07) is 7.18. The summed E-state index contributed by atoms with van der Waals surface area (Å²) in [6.07, 6.45) is 1.74. The van der Waals surface area contributed by atoms with Crippen molar-refractivity contribution in [1.29, 1.82) is 0 Å². The summed E-state index contributed by atoms with van der Waals surface area (Å²) >= 11 is 0. The number of hydrogen-bond donors (Lipinski definition) is 2. The third-order valence-electron chi connectivity index (χ3n) is 3.45. The Balaban J connectivity index is 1.87. The first-order chi connectivity index (χ1) is 9.22. The van der Waals surface area contributed by atoms with Gasteiger partial charge in [-0.05, 0) is 43.0 Å². The molecule has 0 aromatic heterocycles. The van der Waals surface area contributed by atoms with Crippen LogP contribution in [0.2, 0.25) is 0 Å². The van der Waals surface area contributed by atoms with Crippen LogP contribution in [0.4, 0.5) is 10.5 Å². The molecule has 0 bridgehead atoms. The van der Waals surface area contributed by atoms with Gasteiger partial charge in [-0.15, -0.1) is 0 Å². The lowest BCUT2D eigenvalue weighted by Crippen LogP contribution is -2.33. The van der Waals surface area contributed by atoms with Crippen LogP contribution in [0.15, 0.2) is 24.3 Å². The summed E-state index contributed by atoms with van der Waals surface area (Å²) in [5.41, 5.74) is 0.761. The molecule has 1 aromatic carbocycles. The van der Waals surface area contributed by atoms with E-state index in [9.17, 15) is 4.79 Å². The molecule has 0 aliphatic carbocycles. The molecule has 1 saturated heterocycles. The topological polar surface area (TPSA) is 61.8 Å². The van der Waals surface area contributed by atoms with E-state index >= 15 is 0 Å². The number of anilines is 1. The van der Waals surface area contributed by atoms with E-state index in [-0.39, 0.29) is 12.6 Å². The predicted molar refractivity (Wildman–Crippen MR) is 73.4 cm³/mol. The van der Waals surface area contributed by atoms with Crippen molar-refractivity contribution in [2.24, 2.45) is 5.92 Å². The van der Waals surface area contributed by atoms with Gasteiger partial charge in [-0.3, -0.25) is 0 Å². The fourth-order valence-electron chi connectivity index (χ4n) is 2.31. The van der Waals surface area contributed by atoms with Crippen molar-refractivity contribution in [2.75, 3.05) is 32.1 Å². The van der Waals surface area contributed by atoms with E-state index in [2.05, 4.69) is 5.32 Å². The third kappa shape index (κ3) is 3.61. The summed E-state index contributed by atoms with van der Waals surface area (Å²) < 4.78 is 5.07. The number of likely N-dealkylation sites (tertiary alicyclic amines) is 1. The standard InChI is InChI=1S/C14H20N2O3/c1-19-13-4-2-12(3-5-13)15-14(18)16-8-6-11(10-16)7-9-17/h2-5,11,17H,6-10H2,1H3,(H,15,18). The van der Waals surface area contributed by atoms with E-state index in [4.69, 9.17) is 9.84 Å². The Morgan fingerprint density at radius 1 is 1.47 bits per heavy atom. The lowest BCUT2D eigenvalue weighted by atomic mass is 10.1. The molecule has 1 unspecified atom stereocenters. The first kappa shape index (κ1) is 13.7. The Morgan fingerprint density at radius 2 is 2.21 bits per heavy atom. The number of methoxy groups -OCH3 is 1. The van der Waals surface area contributed by atoms with Crippen molar-refractivity contribution in [2.45, 2.75) is 12.8 Å². The quantitative estimate of drug-likeness (QED) is 0.873. The van der Waals surface area contributed by atoms with Crippen molar-refractivity contribution in [3.63, 3.8) is 0 Å². The number of benzene rings is 1. The molecule has 5 heteroatoms.